The molecule has 102 valence electrons. The molecule has 0 bridgehead atoms. The summed E-state index contributed by atoms with van der Waals surface area (Å²) in [7, 11) is 0. The van der Waals surface area contributed by atoms with E-state index in [1.165, 1.54) is 17.4 Å². The van der Waals surface area contributed by atoms with Crippen LogP contribution < -0.4 is 10.5 Å². The molecule has 1 aromatic heterocycles. The van der Waals surface area contributed by atoms with E-state index in [9.17, 15) is 8.78 Å². The molecule has 0 saturated heterocycles. The van der Waals surface area contributed by atoms with E-state index in [2.05, 4.69) is 9.72 Å². The lowest BCUT2D eigenvalue weighted by molar-refractivity contribution is -0.0494. The number of alkyl halides is 2. The van der Waals surface area contributed by atoms with Crippen LogP contribution in [0.5, 0.6) is 5.75 Å². The van der Waals surface area contributed by atoms with Gasteiger partial charge in [-0.1, -0.05) is 12.1 Å². The maximum Gasteiger partial charge on any atom is 0.387 e. The number of hydrogen-bond donors (Lipinski definition) is 1. The van der Waals surface area contributed by atoms with E-state index in [0.29, 0.717) is 10.6 Å². The predicted octanol–water partition coefficient (Wildman–Crippen LogP) is 3.74. The number of hydrogen-bond acceptors (Lipinski definition) is 4. The van der Waals surface area contributed by atoms with Gasteiger partial charge in [0.05, 0.1) is 11.3 Å². The van der Waals surface area contributed by atoms with Crippen molar-refractivity contribution in [2.45, 2.75) is 26.5 Å². The van der Waals surface area contributed by atoms with Gasteiger partial charge in [-0.3, -0.25) is 0 Å². The van der Waals surface area contributed by atoms with Gasteiger partial charge in [-0.05, 0) is 26.0 Å². The molecule has 2 rings (SSSR count). The second-order valence-corrected chi connectivity index (χ2v) is 5.16. The number of aromatic nitrogens is 1. The first-order chi connectivity index (χ1) is 8.99. The minimum Gasteiger partial charge on any atom is -0.434 e. The smallest absolute Gasteiger partial charge is 0.387 e. The van der Waals surface area contributed by atoms with Gasteiger partial charge >= 0.3 is 6.61 Å². The highest BCUT2D eigenvalue weighted by Crippen LogP contribution is 2.36. The fraction of sp³-hybridized carbons (Fsp3) is 0.308. The van der Waals surface area contributed by atoms with Crippen molar-refractivity contribution in [2.75, 3.05) is 0 Å². The first-order valence-corrected chi connectivity index (χ1v) is 6.57. The molecule has 2 N–H and O–H groups in total. The Labute approximate surface area is 114 Å². The van der Waals surface area contributed by atoms with Gasteiger partial charge in [0, 0.05) is 10.9 Å². The van der Waals surface area contributed by atoms with Crippen molar-refractivity contribution < 1.29 is 13.5 Å². The van der Waals surface area contributed by atoms with Crippen LogP contribution in [0.25, 0.3) is 10.6 Å². The summed E-state index contributed by atoms with van der Waals surface area (Å²) in [5.74, 6) is 0.127. The van der Waals surface area contributed by atoms with Crippen LogP contribution in [0.3, 0.4) is 0 Å². The minimum absolute atomic E-state index is 0.127. The van der Waals surface area contributed by atoms with Gasteiger partial charge in [-0.15, -0.1) is 11.3 Å². The average molecular weight is 284 g/mol. The molecular formula is C13H14F2N2OS. The molecular weight excluding hydrogens is 270 g/mol. The molecule has 6 heteroatoms. The number of thiazole rings is 1. The van der Waals surface area contributed by atoms with Crippen LogP contribution in [-0.2, 0) is 0 Å². The lowest BCUT2D eigenvalue weighted by Crippen LogP contribution is -2.03. The highest BCUT2D eigenvalue weighted by Gasteiger charge is 2.16. The standard InChI is InChI=1S/C13H14F2N2OS/c1-7(16)11-8(2)17-12(19-11)9-5-3-4-6-10(9)18-13(14)15/h3-7,13H,16H2,1-2H3. The second-order valence-electron chi connectivity index (χ2n) is 4.13. The number of nitrogens with zero attached hydrogens (tertiary/aromatic N) is 1. The summed E-state index contributed by atoms with van der Waals surface area (Å²) in [5.41, 5.74) is 7.22. The van der Waals surface area contributed by atoms with Crippen molar-refractivity contribution in [1.29, 1.82) is 0 Å². The molecule has 0 amide bonds. The summed E-state index contributed by atoms with van der Waals surface area (Å²) >= 11 is 1.40. The van der Waals surface area contributed by atoms with Crippen LogP contribution in [0.4, 0.5) is 8.78 Å². The second kappa shape index (κ2) is 5.63. The first-order valence-electron chi connectivity index (χ1n) is 5.76. The summed E-state index contributed by atoms with van der Waals surface area (Å²) in [6.07, 6.45) is 0. The van der Waals surface area contributed by atoms with Gasteiger partial charge in [0.1, 0.15) is 10.8 Å². The molecule has 0 aliphatic carbocycles. The molecule has 2 aromatic rings. The Morgan fingerprint density at radius 2 is 2.00 bits per heavy atom. The Morgan fingerprint density at radius 3 is 2.58 bits per heavy atom. The maximum absolute atomic E-state index is 12.4. The largest absolute Gasteiger partial charge is 0.434 e. The molecule has 3 nitrogen and oxygen atoms in total. The van der Waals surface area contributed by atoms with E-state index in [4.69, 9.17) is 5.73 Å². The van der Waals surface area contributed by atoms with E-state index >= 15 is 0 Å². The van der Waals surface area contributed by atoms with Crippen LogP contribution >= 0.6 is 11.3 Å². The third kappa shape index (κ3) is 3.08. The zero-order valence-electron chi connectivity index (χ0n) is 10.6. The SMILES string of the molecule is Cc1nc(-c2ccccc2OC(F)F)sc1C(C)N. The number of nitrogens with two attached hydrogens (primary N) is 1. The van der Waals surface area contributed by atoms with Crippen molar-refractivity contribution in [3.63, 3.8) is 0 Å². The fourth-order valence-corrected chi connectivity index (χ4v) is 2.84. The Morgan fingerprint density at radius 1 is 1.32 bits per heavy atom. The Kier molecular flexibility index (Phi) is 4.11. The normalized spacial score (nSPS) is 12.7. The van der Waals surface area contributed by atoms with Crippen LogP contribution in [0.15, 0.2) is 24.3 Å². The summed E-state index contributed by atoms with van der Waals surface area (Å²) in [6.45, 7) is 0.872. The third-order valence-corrected chi connectivity index (χ3v) is 3.97. The van der Waals surface area contributed by atoms with Crippen molar-refractivity contribution >= 4 is 11.3 Å². The summed E-state index contributed by atoms with van der Waals surface area (Å²) in [6, 6.07) is 6.49. The van der Waals surface area contributed by atoms with Crippen molar-refractivity contribution in [3.05, 3.63) is 34.8 Å². The van der Waals surface area contributed by atoms with Gasteiger partial charge in [-0.25, -0.2) is 4.98 Å². The van der Waals surface area contributed by atoms with Crippen molar-refractivity contribution in [1.82, 2.24) is 4.98 Å². The maximum atomic E-state index is 12.4. The van der Waals surface area contributed by atoms with Crippen LogP contribution in [-0.4, -0.2) is 11.6 Å². The molecule has 0 radical (unpaired) electrons. The van der Waals surface area contributed by atoms with E-state index in [-0.39, 0.29) is 11.8 Å². The quantitative estimate of drug-likeness (QED) is 0.930. The molecule has 0 aliphatic rings. The van der Waals surface area contributed by atoms with E-state index in [1.807, 2.05) is 13.8 Å². The monoisotopic (exact) mass is 284 g/mol. The molecule has 0 spiro atoms. The van der Waals surface area contributed by atoms with Crippen LogP contribution in [0.1, 0.15) is 23.5 Å². The van der Waals surface area contributed by atoms with Crippen LogP contribution in [0.2, 0.25) is 0 Å². The molecule has 0 fully saturated rings. The highest BCUT2D eigenvalue weighted by molar-refractivity contribution is 7.15. The molecule has 0 aliphatic heterocycles. The zero-order chi connectivity index (χ0) is 14.0. The topological polar surface area (TPSA) is 48.1 Å². The van der Waals surface area contributed by atoms with Gasteiger partial charge in [-0.2, -0.15) is 8.78 Å². The minimum atomic E-state index is -2.85. The number of benzene rings is 1. The van der Waals surface area contributed by atoms with E-state index in [0.717, 1.165) is 10.6 Å². The van der Waals surface area contributed by atoms with Gasteiger partial charge in [0.2, 0.25) is 0 Å². The molecule has 1 aromatic carbocycles. The average Bonchev–Trinajstić information content (AvgIpc) is 2.71. The lowest BCUT2D eigenvalue weighted by atomic mass is 10.2. The van der Waals surface area contributed by atoms with Gasteiger partial charge < -0.3 is 10.5 Å². The van der Waals surface area contributed by atoms with Gasteiger partial charge in [0.25, 0.3) is 0 Å². The molecule has 1 atom stereocenters. The first kappa shape index (κ1) is 13.9. The predicted molar refractivity (Wildman–Crippen MR) is 71.5 cm³/mol. The summed E-state index contributed by atoms with van der Waals surface area (Å²) < 4.78 is 29.3. The number of para-hydroxylation sites is 1. The van der Waals surface area contributed by atoms with Crippen LogP contribution in [0, 0.1) is 6.92 Å². The van der Waals surface area contributed by atoms with Crippen molar-refractivity contribution in [3.8, 4) is 16.3 Å². The summed E-state index contributed by atoms with van der Waals surface area (Å²) in [5, 5.41) is 0.640. The fourth-order valence-electron chi connectivity index (χ4n) is 1.79. The lowest BCUT2D eigenvalue weighted by Gasteiger charge is -2.08. The van der Waals surface area contributed by atoms with E-state index in [1.54, 1.807) is 18.2 Å². The Bertz CT molecular complexity index is 570. The number of halogens is 2. The Balaban J connectivity index is 2.44. The highest BCUT2D eigenvalue weighted by atomic mass is 32.1. The molecule has 1 heterocycles. The third-order valence-electron chi connectivity index (χ3n) is 2.58. The number of ether oxygens (including phenoxy) is 1. The Hall–Kier alpha value is -1.53. The molecule has 1 unspecified atom stereocenters. The molecule has 19 heavy (non-hydrogen) atoms. The molecule has 0 saturated carbocycles. The van der Waals surface area contributed by atoms with E-state index < -0.39 is 6.61 Å². The zero-order valence-corrected chi connectivity index (χ0v) is 11.4. The number of rotatable bonds is 4. The van der Waals surface area contributed by atoms with Crippen molar-refractivity contribution in [2.24, 2.45) is 5.73 Å². The van der Waals surface area contributed by atoms with Gasteiger partial charge in [0.15, 0.2) is 0 Å². The summed E-state index contributed by atoms with van der Waals surface area (Å²) in [4.78, 5) is 5.33. The number of aryl methyl sites for hydroxylation is 1.